The van der Waals surface area contributed by atoms with E-state index in [9.17, 15) is 9.59 Å². The molecular weight excluding hydrogens is 386 g/mol. The van der Waals surface area contributed by atoms with Gasteiger partial charge in [-0.15, -0.1) is 11.3 Å². The van der Waals surface area contributed by atoms with Crippen molar-refractivity contribution in [3.8, 4) is 5.75 Å². The molecule has 0 spiro atoms. The topological polar surface area (TPSA) is 67.7 Å². The predicted molar refractivity (Wildman–Crippen MR) is 112 cm³/mol. The molecule has 2 amide bonds. The van der Waals surface area contributed by atoms with Gasteiger partial charge in [0.1, 0.15) is 12.3 Å². The summed E-state index contributed by atoms with van der Waals surface area (Å²) in [6, 6.07) is 11.1. The second-order valence-electron chi connectivity index (χ2n) is 8.00. The molecule has 0 aliphatic carbocycles. The van der Waals surface area contributed by atoms with Crippen LogP contribution in [0.15, 0.2) is 41.8 Å². The number of quaternary nitrogens is 2. The average molecular weight is 416 g/mol. The van der Waals surface area contributed by atoms with Crippen LogP contribution in [0, 0.1) is 5.92 Å². The lowest BCUT2D eigenvalue weighted by Crippen LogP contribution is -3.12. The maximum Gasteiger partial charge on any atom is 0.292 e. The molecule has 2 aromatic rings. The zero-order valence-electron chi connectivity index (χ0n) is 16.8. The number of hydrogen-bond acceptors (Lipinski definition) is 4. The summed E-state index contributed by atoms with van der Waals surface area (Å²) in [5.74, 6) is 1.13. The molecule has 0 bridgehead atoms. The number of hydrogen-bond donors (Lipinski definition) is 2. The molecule has 6 nitrogen and oxygen atoms in total. The van der Waals surface area contributed by atoms with Crippen LogP contribution in [0.2, 0.25) is 0 Å². The van der Waals surface area contributed by atoms with Gasteiger partial charge in [0.25, 0.3) is 5.91 Å². The highest BCUT2D eigenvalue weighted by atomic mass is 32.1. The largest absolute Gasteiger partial charge is 0.497 e. The van der Waals surface area contributed by atoms with Crippen molar-refractivity contribution in [2.75, 3.05) is 31.6 Å². The number of carbonyl (C=O) groups is 2. The van der Waals surface area contributed by atoms with Crippen molar-refractivity contribution in [1.82, 2.24) is 0 Å². The molecule has 29 heavy (non-hydrogen) atoms. The number of thiophene rings is 1. The van der Waals surface area contributed by atoms with Crippen LogP contribution in [-0.4, -0.2) is 44.6 Å². The van der Waals surface area contributed by atoms with E-state index >= 15 is 0 Å². The van der Waals surface area contributed by atoms with Crippen molar-refractivity contribution in [1.29, 1.82) is 0 Å². The lowest BCUT2D eigenvalue weighted by Gasteiger charge is -2.28. The fraction of sp³-hybridized carbons (Fsp3) is 0.455. The summed E-state index contributed by atoms with van der Waals surface area (Å²) in [7, 11) is 1.60. The van der Waals surface area contributed by atoms with E-state index in [0.717, 1.165) is 13.1 Å². The highest BCUT2D eigenvalue weighted by Gasteiger charge is 2.42. The molecule has 0 saturated carbocycles. The van der Waals surface area contributed by atoms with E-state index in [1.54, 1.807) is 36.3 Å². The summed E-state index contributed by atoms with van der Waals surface area (Å²) in [5.41, 5.74) is 0.627. The van der Waals surface area contributed by atoms with Crippen molar-refractivity contribution in [2.24, 2.45) is 5.92 Å². The zero-order valence-corrected chi connectivity index (χ0v) is 17.6. The molecule has 4 rings (SSSR count). The highest BCUT2D eigenvalue weighted by molar-refractivity contribution is 7.09. The van der Waals surface area contributed by atoms with E-state index in [-0.39, 0.29) is 24.3 Å². The smallest absolute Gasteiger partial charge is 0.292 e. The lowest BCUT2D eigenvalue weighted by molar-refractivity contribution is -0.920. The fourth-order valence-corrected chi connectivity index (χ4v) is 5.13. The number of methoxy groups -OCH3 is 1. The molecule has 2 fully saturated rings. The Bertz CT molecular complexity index is 829. The monoisotopic (exact) mass is 415 g/mol. The Morgan fingerprint density at radius 3 is 2.59 bits per heavy atom. The maximum atomic E-state index is 12.8. The third-order valence-corrected chi connectivity index (χ3v) is 6.96. The first-order chi connectivity index (χ1) is 14.1. The van der Waals surface area contributed by atoms with Crippen molar-refractivity contribution < 1.29 is 24.5 Å². The Morgan fingerprint density at radius 2 is 1.93 bits per heavy atom. The second-order valence-corrected chi connectivity index (χ2v) is 9.03. The Hall–Kier alpha value is -2.22. The minimum atomic E-state index is -0.291. The molecule has 3 N–H and O–H groups in total. The van der Waals surface area contributed by atoms with Gasteiger partial charge in [-0.1, -0.05) is 6.07 Å². The summed E-state index contributed by atoms with van der Waals surface area (Å²) >= 11 is 1.84. The Kier molecular flexibility index (Phi) is 6.28. The van der Waals surface area contributed by atoms with Crippen LogP contribution in [0.4, 0.5) is 5.69 Å². The molecule has 2 saturated heterocycles. The van der Waals surface area contributed by atoms with E-state index in [2.05, 4.69) is 22.8 Å². The van der Waals surface area contributed by atoms with Crippen molar-refractivity contribution in [3.63, 3.8) is 0 Å². The third-order valence-electron chi connectivity index (χ3n) is 6.08. The van der Waals surface area contributed by atoms with E-state index in [1.807, 2.05) is 11.3 Å². The summed E-state index contributed by atoms with van der Waals surface area (Å²) < 4.78 is 5.15. The van der Waals surface area contributed by atoms with Crippen LogP contribution in [-0.2, 0) is 16.1 Å². The van der Waals surface area contributed by atoms with Gasteiger partial charge >= 0.3 is 0 Å². The molecule has 2 aliphatic heterocycles. The van der Waals surface area contributed by atoms with Crippen molar-refractivity contribution in [2.45, 2.75) is 31.8 Å². The van der Waals surface area contributed by atoms with Gasteiger partial charge in [-0.2, -0.15) is 0 Å². The van der Waals surface area contributed by atoms with Crippen LogP contribution < -0.4 is 19.9 Å². The van der Waals surface area contributed by atoms with E-state index in [0.29, 0.717) is 17.4 Å². The number of anilines is 1. The lowest BCUT2D eigenvalue weighted by atomic mass is 9.96. The third kappa shape index (κ3) is 4.69. The molecule has 0 radical (unpaired) electrons. The molecule has 1 atom stereocenters. The first-order valence-corrected chi connectivity index (χ1v) is 11.2. The maximum absolute atomic E-state index is 12.8. The van der Waals surface area contributed by atoms with Crippen molar-refractivity contribution in [3.05, 3.63) is 46.7 Å². The van der Waals surface area contributed by atoms with Crippen LogP contribution in [0.5, 0.6) is 5.75 Å². The summed E-state index contributed by atoms with van der Waals surface area (Å²) in [4.78, 5) is 29.7. The molecule has 154 valence electrons. The Morgan fingerprint density at radius 1 is 1.17 bits per heavy atom. The minimum absolute atomic E-state index is 0.0964. The van der Waals surface area contributed by atoms with Gasteiger partial charge < -0.3 is 15.0 Å². The highest BCUT2D eigenvalue weighted by Crippen LogP contribution is 2.24. The molecule has 0 unspecified atom stereocenters. The van der Waals surface area contributed by atoms with Crippen LogP contribution in [0.25, 0.3) is 0 Å². The first-order valence-electron chi connectivity index (χ1n) is 10.3. The number of piperidine rings is 1. The molecule has 2 aliphatic rings. The average Bonchev–Trinajstić information content (AvgIpc) is 3.35. The number of nitrogens with two attached hydrogens (primary N) is 1. The molecule has 1 aromatic heterocycles. The van der Waals surface area contributed by atoms with E-state index in [1.165, 1.54) is 35.7 Å². The summed E-state index contributed by atoms with van der Waals surface area (Å²) in [5, 5.41) is 4.24. The number of benzene rings is 1. The Balaban J connectivity index is 1.26. The number of likely N-dealkylation sites (tertiary alicyclic amines) is 1. The summed E-state index contributed by atoms with van der Waals surface area (Å²) in [6.45, 7) is 4.42. The number of amides is 2. The van der Waals surface area contributed by atoms with Crippen LogP contribution in [0.3, 0.4) is 0 Å². The van der Waals surface area contributed by atoms with Gasteiger partial charge in [-0.25, -0.2) is 4.90 Å². The number of imide groups is 1. The number of nitrogens with zero attached hydrogens (tertiary/aromatic N) is 1. The van der Waals surface area contributed by atoms with Gasteiger partial charge in [0.15, 0.2) is 6.04 Å². The Labute approximate surface area is 175 Å². The quantitative estimate of drug-likeness (QED) is 0.645. The normalized spacial score (nSPS) is 24.9. The van der Waals surface area contributed by atoms with Gasteiger partial charge in [-0.3, -0.25) is 9.59 Å². The van der Waals surface area contributed by atoms with Crippen LogP contribution in [0.1, 0.15) is 24.1 Å². The molecule has 7 heteroatoms. The minimum Gasteiger partial charge on any atom is -0.497 e. The number of carbonyl (C=O) groups excluding carboxylic acids is 2. The standard InChI is InChI=1S/C22H27N3O3S/c1-28-18-6-4-17(5-7-18)25-21(26)13-20(22(25)27)23-14-16-8-10-24(11-9-16)15-19-3-2-12-29-19/h2-7,12,16,20,23H,8-11,13-15H2,1H3/p+2/t20-/m0/s1. The van der Waals surface area contributed by atoms with Gasteiger partial charge in [0.05, 0.1) is 43.7 Å². The zero-order chi connectivity index (χ0) is 20.2. The number of ether oxygens (including phenoxy) is 1. The molecule has 3 heterocycles. The summed E-state index contributed by atoms with van der Waals surface area (Å²) in [6.07, 6.45) is 2.66. The molecular formula is C22H29N3O3S+2. The predicted octanol–water partition coefficient (Wildman–Crippen LogP) is 0.447. The number of rotatable bonds is 7. The van der Waals surface area contributed by atoms with Gasteiger partial charge in [0, 0.05) is 18.8 Å². The second kappa shape index (κ2) is 9.07. The SMILES string of the molecule is COc1ccc(N2C(=O)C[C@H]([NH2+]CC3CC[NH+](Cc4cccs4)CC3)C2=O)cc1. The van der Waals surface area contributed by atoms with Gasteiger partial charge in [-0.05, 0) is 35.7 Å². The van der Waals surface area contributed by atoms with E-state index < -0.39 is 0 Å². The number of nitrogens with one attached hydrogen (secondary N) is 1. The van der Waals surface area contributed by atoms with Crippen LogP contribution >= 0.6 is 11.3 Å². The molecule has 1 aromatic carbocycles. The van der Waals surface area contributed by atoms with Crippen molar-refractivity contribution >= 4 is 28.8 Å². The first kappa shape index (κ1) is 20.1. The van der Waals surface area contributed by atoms with E-state index in [4.69, 9.17) is 4.74 Å². The fourth-order valence-electron chi connectivity index (χ4n) is 4.36. The van der Waals surface area contributed by atoms with Gasteiger partial charge in [0.2, 0.25) is 5.91 Å².